The van der Waals surface area contributed by atoms with Crippen molar-refractivity contribution in [3.05, 3.63) is 146 Å². The van der Waals surface area contributed by atoms with Crippen molar-refractivity contribution in [2.45, 2.75) is 0 Å². The fourth-order valence-corrected chi connectivity index (χ4v) is 10.1. The summed E-state index contributed by atoms with van der Waals surface area (Å²) in [6.45, 7) is 0. The summed E-state index contributed by atoms with van der Waals surface area (Å²) in [5.41, 5.74) is 7.38. The third-order valence-electron chi connectivity index (χ3n) is 9.71. The largest absolute Gasteiger partial charge is 0.309 e. The molecule has 0 spiro atoms. The summed E-state index contributed by atoms with van der Waals surface area (Å²) in [7, 11) is 0. The number of hydrogen-bond donors (Lipinski definition) is 0. The molecule has 11 rings (SSSR count). The van der Waals surface area contributed by atoms with E-state index in [1.54, 1.807) is 0 Å². The normalized spacial score (nSPS) is 12.3. The van der Waals surface area contributed by atoms with Gasteiger partial charge in [0.1, 0.15) is 0 Å². The molecule has 4 aromatic heterocycles. The monoisotopic (exact) mass is 620 g/mol. The Labute approximate surface area is 271 Å². The van der Waals surface area contributed by atoms with E-state index in [0.717, 1.165) is 0 Å². The molecule has 0 fully saturated rings. The van der Waals surface area contributed by atoms with Crippen molar-refractivity contribution in [2.75, 3.05) is 0 Å². The van der Waals surface area contributed by atoms with Crippen LogP contribution in [0, 0.1) is 0 Å². The molecule has 0 radical (unpaired) electrons. The van der Waals surface area contributed by atoms with E-state index < -0.39 is 0 Å². The minimum Gasteiger partial charge on any atom is -0.309 e. The van der Waals surface area contributed by atoms with Crippen LogP contribution >= 0.6 is 22.7 Å². The van der Waals surface area contributed by atoms with E-state index in [0.29, 0.717) is 0 Å². The van der Waals surface area contributed by atoms with Crippen molar-refractivity contribution in [3.8, 4) is 11.4 Å². The van der Waals surface area contributed by atoms with Gasteiger partial charge in [0.25, 0.3) is 0 Å². The molecule has 4 heterocycles. The molecule has 7 aromatic carbocycles. The van der Waals surface area contributed by atoms with Gasteiger partial charge < -0.3 is 9.13 Å². The van der Waals surface area contributed by atoms with Crippen molar-refractivity contribution in [3.63, 3.8) is 0 Å². The maximum atomic E-state index is 2.46. The maximum absolute atomic E-state index is 2.46. The van der Waals surface area contributed by atoms with E-state index in [2.05, 4.69) is 155 Å². The van der Waals surface area contributed by atoms with E-state index >= 15 is 0 Å². The Kier molecular flexibility index (Phi) is 4.90. The number of fused-ring (bicyclic) bond motifs is 13. The van der Waals surface area contributed by atoms with Crippen LogP contribution in [0.2, 0.25) is 0 Å². The van der Waals surface area contributed by atoms with Gasteiger partial charge in [0.2, 0.25) is 0 Å². The van der Waals surface area contributed by atoms with Crippen molar-refractivity contribution < 1.29 is 0 Å². The highest BCUT2D eigenvalue weighted by Crippen LogP contribution is 2.45. The second kappa shape index (κ2) is 9.07. The van der Waals surface area contributed by atoms with Crippen LogP contribution in [0.5, 0.6) is 0 Å². The zero-order valence-electron chi connectivity index (χ0n) is 24.6. The second-order valence-electron chi connectivity index (χ2n) is 12.1. The molecule has 0 aliphatic heterocycles. The highest BCUT2D eigenvalue weighted by Gasteiger charge is 2.19. The first-order valence-electron chi connectivity index (χ1n) is 15.6. The fraction of sp³-hybridized carbons (Fsp3) is 0. The first-order valence-corrected chi connectivity index (χ1v) is 17.2. The second-order valence-corrected chi connectivity index (χ2v) is 14.3. The number of hydrogen-bond acceptors (Lipinski definition) is 2. The molecule has 0 bridgehead atoms. The number of nitrogens with zero attached hydrogens (tertiary/aromatic N) is 2. The topological polar surface area (TPSA) is 9.86 Å². The maximum Gasteiger partial charge on any atom is 0.0555 e. The van der Waals surface area contributed by atoms with Gasteiger partial charge in [0.05, 0.1) is 22.1 Å². The van der Waals surface area contributed by atoms with Crippen molar-refractivity contribution in [2.24, 2.45) is 0 Å². The summed E-state index contributed by atoms with van der Waals surface area (Å²) in [6.07, 6.45) is 0. The minimum atomic E-state index is 1.20. The molecule has 214 valence electrons. The number of aromatic nitrogens is 2. The van der Waals surface area contributed by atoms with Crippen LogP contribution in [0.3, 0.4) is 0 Å². The molecule has 4 heteroatoms. The van der Waals surface area contributed by atoms with E-state index in [9.17, 15) is 0 Å². The summed E-state index contributed by atoms with van der Waals surface area (Å²) >= 11 is 3.78. The third-order valence-corrected chi connectivity index (χ3v) is 12.1. The Morgan fingerprint density at radius 1 is 0.326 bits per heavy atom. The molecule has 0 saturated carbocycles. The van der Waals surface area contributed by atoms with Crippen LogP contribution in [-0.2, 0) is 0 Å². The highest BCUT2D eigenvalue weighted by atomic mass is 32.1. The first-order chi connectivity index (χ1) is 22.8. The Morgan fingerprint density at radius 2 is 0.826 bits per heavy atom. The average Bonchev–Trinajstić information content (AvgIpc) is 3.85. The van der Waals surface area contributed by atoms with Crippen LogP contribution < -0.4 is 0 Å². The lowest BCUT2D eigenvalue weighted by Gasteiger charge is -2.09. The Hall–Kier alpha value is -5.42. The standard InChI is InChI=1S/C42H24N2S2/c1-5-13-34-27(9-1)28-10-2-6-14-35(28)43(34)25-18-22-40-33(24-25)30-19-20-37-41(42(30)46-40)31-12-3-7-15-36(31)44(37)26-17-21-39-32(23-26)29-11-4-8-16-38(29)45-39/h1-24H. The lowest BCUT2D eigenvalue weighted by Crippen LogP contribution is -1.93. The number of para-hydroxylation sites is 3. The molecule has 0 atom stereocenters. The van der Waals surface area contributed by atoms with Crippen LogP contribution in [-0.4, -0.2) is 9.13 Å². The van der Waals surface area contributed by atoms with Crippen molar-refractivity contribution in [1.82, 2.24) is 9.13 Å². The molecule has 46 heavy (non-hydrogen) atoms. The van der Waals surface area contributed by atoms with Gasteiger partial charge in [-0.25, -0.2) is 0 Å². The Bertz CT molecular complexity index is 2990. The van der Waals surface area contributed by atoms with Gasteiger partial charge in [-0.05, 0) is 66.7 Å². The van der Waals surface area contributed by atoms with E-state index in [1.807, 2.05) is 22.7 Å². The summed E-state index contributed by atoms with van der Waals surface area (Å²) in [6, 6.07) is 53.8. The summed E-state index contributed by atoms with van der Waals surface area (Å²) in [5.74, 6) is 0. The van der Waals surface area contributed by atoms with E-state index in [-0.39, 0.29) is 0 Å². The average molecular weight is 621 g/mol. The third kappa shape index (κ3) is 3.24. The predicted molar refractivity (Wildman–Crippen MR) is 201 cm³/mol. The fourth-order valence-electron chi connectivity index (χ4n) is 7.75. The molecule has 0 aliphatic carbocycles. The highest BCUT2D eigenvalue weighted by molar-refractivity contribution is 7.27. The SMILES string of the molecule is c1ccc2c(c1)sc1ccc(-n3c4ccccc4c4c5sc6ccc(-n7c8ccccc8c8ccccc87)cc6c5ccc43)cc12. The van der Waals surface area contributed by atoms with Crippen LogP contribution in [0.4, 0.5) is 0 Å². The summed E-state index contributed by atoms with van der Waals surface area (Å²) < 4.78 is 10.2. The van der Waals surface area contributed by atoms with Crippen LogP contribution in [0.1, 0.15) is 0 Å². The number of thiophene rings is 2. The van der Waals surface area contributed by atoms with Gasteiger partial charge in [0.15, 0.2) is 0 Å². The summed E-state index contributed by atoms with van der Waals surface area (Å²) in [4.78, 5) is 0. The van der Waals surface area contributed by atoms with E-state index in [1.165, 1.54) is 95.3 Å². The lowest BCUT2D eigenvalue weighted by molar-refractivity contribution is 1.19. The van der Waals surface area contributed by atoms with Gasteiger partial charge in [0, 0.05) is 73.3 Å². The van der Waals surface area contributed by atoms with E-state index in [4.69, 9.17) is 0 Å². The van der Waals surface area contributed by atoms with Gasteiger partial charge in [-0.2, -0.15) is 0 Å². The number of rotatable bonds is 2. The Balaban J connectivity index is 1.19. The molecule has 0 saturated heterocycles. The molecule has 11 aromatic rings. The molecule has 0 aliphatic rings. The van der Waals surface area contributed by atoms with Crippen LogP contribution in [0.25, 0.3) is 95.3 Å². The molecular formula is C42H24N2S2. The zero-order valence-corrected chi connectivity index (χ0v) is 26.2. The minimum absolute atomic E-state index is 1.20. The lowest BCUT2D eigenvalue weighted by atomic mass is 10.1. The number of benzene rings is 7. The van der Waals surface area contributed by atoms with Gasteiger partial charge in [-0.15, -0.1) is 22.7 Å². The molecule has 2 nitrogen and oxygen atoms in total. The zero-order chi connectivity index (χ0) is 29.9. The van der Waals surface area contributed by atoms with Gasteiger partial charge in [-0.3, -0.25) is 0 Å². The molecule has 0 N–H and O–H groups in total. The molecular weight excluding hydrogens is 597 g/mol. The van der Waals surface area contributed by atoms with Gasteiger partial charge in [-0.1, -0.05) is 78.9 Å². The quantitative estimate of drug-likeness (QED) is 0.182. The first kappa shape index (κ1) is 24.8. The molecule has 0 unspecified atom stereocenters. The Morgan fingerprint density at radius 3 is 1.52 bits per heavy atom. The van der Waals surface area contributed by atoms with Crippen molar-refractivity contribution in [1.29, 1.82) is 0 Å². The molecule has 0 amide bonds. The summed E-state index contributed by atoms with van der Waals surface area (Å²) in [5, 5.41) is 10.5. The van der Waals surface area contributed by atoms with Crippen LogP contribution in [0.15, 0.2) is 146 Å². The smallest absolute Gasteiger partial charge is 0.0555 e. The van der Waals surface area contributed by atoms with Crippen molar-refractivity contribution >= 4 is 107 Å². The van der Waals surface area contributed by atoms with Gasteiger partial charge >= 0.3 is 0 Å². The predicted octanol–water partition coefficient (Wildman–Crippen LogP) is 12.6.